The van der Waals surface area contributed by atoms with Gasteiger partial charge in [-0.3, -0.25) is 4.79 Å². The summed E-state index contributed by atoms with van der Waals surface area (Å²) < 4.78 is 0. The third kappa shape index (κ3) is 1.61. The molecule has 1 N–H and O–H groups in total. The van der Waals surface area contributed by atoms with Crippen LogP contribution in [0.4, 0.5) is 0 Å². The predicted octanol–water partition coefficient (Wildman–Crippen LogP) is 2.63. The van der Waals surface area contributed by atoms with E-state index in [9.17, 15) is 4.79 Å². The molecule has 1 atom stereocenters. The van der Waals surface area contributed by atoms with Crippen LogP contribution in [0.25, 0.3) is 0 Å². The van der Waals surface area contributed by atoms with Gasteiger partial charge in [0.1, 0.15) is 0 Å². The van der Waals surface area contributed by atoms with Crippen molar-refractivity contribution in [1.29, 1.82) is 0 Å². The zero-order chi connectivity index (χ0) is 9.42. The molecule has 1 fully saturated rings. The first-order chi connectivity index (χ1) is 6.20. The first-order valence-electron chi connectivity index (χ1n) is 4.47. The predicted molar refractivity (Wildman–Crippen MR) is 52.2 cm³/mol. The molecule has 1 unspecified atom stereocenters. The normalized spacial score (nSPS) is 18.5. The average molecular weight is 196 g/mol. The van der Waals surface area contributed by atoms with Crippen LogP contribution < -0.4 is 0 Å². The molecule has 1 aromatic heterocycles. The van der Waals surface area contributed by atoms with Crippen LogP contribution in [0.15, 0.2) is 11.4 Å². The molecule has 1 aromatic rings. The van der Waals surface area contributed by atoms with E-state index < -0.39 is 5.97 Å². The van der Waals surface area contributed by atoms with E-state index in [1.807, 2.05) is 18.4 Å². The van der Waals surface area contributed by atoms with Gasteiger partial charge in [-0.1, -0.05) is 0 Å². The quantitative estimate of drug-likeness (QED) is 0.807. The van der Waals surface area contributed by atoms with E-state index in [1.165, 1.54) is 0 Å². The molecular weight excluding hydrogens is 184 g/mol. The maximum atomic E-state index is 11.0. The standard InChI is InChI=1S/C10H12O2S/c1-6-4-5-13-9(6)8(10(11)12)7-2-3-7/h4-5,7-8H,2-3H2,1H3,(H,11,12). The Morgan fingerprint density at radius 2 is 2.38 bits per heavy atom. The molecule has 0 aliphatic heterocycles. The zero-order valence-electron chi connectivity index (χ0n) is 7.49. The SMILES string of the molecule is Cc1ccsc1C(C(=O)O)C1CC1. The molecule has 3 heteroatoms. The van der Waals surface area contributed by atoms with Gasteiger partial charge in [-0.05, 0) is 42.7 Å². The molecule has 70 valence electrons. The first-order valence-corrected chi connectivity index (χ1v) is 5.35. The van der Waals surface area contributed by atoms with Crippen molar-refractivity contribution in [3.8, 4) is 0 Å². The van der Waals surface area contributed by atoms with E-state index in [0.29, 0.717) is 5.92 Å². The molecule has 1 heterocycles. The van der Waals surface area contributed by atoms with E-state index in [1.54, 1.807) is 11.3 Å². The second kappa shape index (κ2) is 3.14. The summed E-state index contributed by atoms with van der Waals surface area (Å²) in [4.78, 5) is 12.1. The third-order valence-electron chi connectivity index (χ3n) is 2.54. The molecule has 1 aliphatic carbocycles. The molecule has 1 saturated carbocycles. The maximum absolute atomic E-state index is 11.0. The van der Waals surface area contributed by atoms with Gasteiger partial charge in [0.05, 0.1) is 5.92 Å². The van der Waals surface area contributed by atoms with Crippen LogP contribution >= 0.6 is 11.3 Å². The number of hydrogen-bond acceptors (Lipinski definition) is 2. The Hall–Kier alpha value is -0.830. The maximum Gasteiger partial charge on any atom is 0.312 e. The molecule has 2 rings (SSSR count). The van der Waals surface area contributed by atoms with Crippen molar-refractivity contribution >= 4 is 17.3 Å². The lowest BCUT2D eigenvalue weighted by Gasteiger charge is -2.09. The van der Waals surface area contributed by atoms with Crippen LogP contribution in [0, 0.1) is 12.8 Å². The Morgan fingerprint density at radius 1 is 1.69 bits per heavy atom. The lowest BCUT2D eigenvalue weighted by atomic mass is 9.99. The van der Waals surface area contributed by atoms with Gasteiger partial charge in [0, 0.05) is 4.88 Å². The largest absolute Gasteiger partial charge is 0.481 e. The van der Waals surface area contributed by atoms with E-state index in [2.05, 4.69) is 0 Å². The average Bonchev–Trinajstić information content (AvgIpc) is 2.78. The van der Waals surface area contributed by atoms with Crippen LogP contribution in [0.2, 0.25) is 0 Å². The molecule has 13 heavy (non-hydrogen) atoms. The number of aryl methyl sites for hydroxylation is 1. The van der Waals surface area contributed by atoms with E-state index in [-0.39, 0.29) is 5.92 Å². The Kier molecular flexibility index (Phi) is 2.12. The minimum absolute atomic E-state index is 0.236. The highest BCUT2D eigenvalue weighted by atomic mass is 32.1. The molecule has 0 spiro atoms. The van der Waals surface area contributed by atoms with Gasteiger partial charge in [-0.25, -0.2) is 0 Å². The fraction of sp³-hybridized carbons (Fsp3) is 0.500. The number of aliphatic carboxylic acids is 1. The molecule has 2 nitrogen and oxygen atoms in total. The topological polar surface area (TPSA) is 37.3 Å². The number of hydrogen-bond donors (Lipinski definition) is 1. The van der Waals surface area contributed by atoms with Gasteiger partial charge in [-0.2, -0.15) is 0 Å². The zero-order valence-corrected chi connectivity index (χ0v) is 8.30. The molecule has 0 aromatic carbocycles. The minimum atomic E-state index is -0.659. The van der Waals surface area contributed by atoms with Gasteiger partial charge in [0.15, 0.2) is 0 Å². The van der Waals surface area contributed by atoms with Gasteiger partial charge < -0.3 is 5.11 Å². The van der Waals surface area contributed by atoms with Gasteiger partial charge >= 0.3 is 5.97 Å². The summed E-state index contributed by atoms with van der Waals surface area (Å²) in [6.45, 7) is 1.99. The summed E-state index contributed by atoms with van der Waals surface area (Å²) in [5.41, 5.74) is 1.13. The molecular formula is C10H12O2S. The number of carbonyl (C=O) groups is 1. The van der Waals surface area contributed by atoms with Crippen molar-refractivity contribution in [1.82, 2.24) is 0 Å². The fourth-order valence-corrected chi connectivity index (χ4v) is 2.77. The molecule has 0 saturated heterocycles. The summed E-state index contributed by atoms with van der Waals surface area (Å²) in [6, 6.07) is 2.00. The summed E-state index contributed by atoms with van der Waals surface area (Å²) in [7, 11) is 0. The molecule has 0 bridgehead atoms. The van der Waals surface area contributed by atoms with E-state index in [4.69, 9.17) is 5.11 Å². The third-order valence-corrected chi connectivity index (χ3v) is 3.65. The Balaban J connectivity index is 2.30. The molecule has 1 aliphatic rings. The number of thiophene rings is 1. The number of carboxylic acids is 1. The second-order valence-corrected chi connectivity index (χ2v) is 4.57. The fourth-order valence-electron chi connectivity index (χ4n) is 1.66. The second-order valence-electron chi connectivity index (χ2n) is 3.62. The Bertz CT molecular complexity index is 325. The lowest BCUT2D eigenvalue weighted by Crippen LogP contribution is -2.13. The van der Waals surface area contributed by atoms with Crippen molar-refractivity contribution in [2.24, 2.45) is 5.92 Å². The van der Waals surface area contributed by atoms with Gasteiger partial charge in [0.25, 0.3) is 0 Å². The highest BCUT2D eigenvalue weighted by Gasteiger charge is 2.38. The summed E-state index contributed by atoms with van der Waals surface area (Å²) in [6.07, 6.45) is 2.16. The van der Waals surface area contributed by atoms with Crippen molar-refractivity contribution in [3.63, 3.8) is 0 Å². The van der Waals surface area contributed by atoms with E-state index in [0.717, 1.165) is 23.3 Å². The first kappa shape index (κ1) is 8.75. The van der Waals surface area contributed by atoms with E-state index >= 15 is 0 Å². The van der Waals surface area contributed by atoms with Crippen LogP contribution in [0.5, 0.6) is 0 Å². The number of rotatable bonds is 3. The summed E-state index contributed by atoms with van der Waals surface area (Å²) in [5.74, 6) is -0.497. The molecule has 0 amide bonds. The lowest BCUT2D eigenvalue weighted by molar-refractivity contribution is -0.139. The van der Waals surface area contributed by atoms with Crippen LogP contribution in [0.1, 0.15) is 29.2 Å². The van der Waals surface area contributed by atoms with Crippen molar-refractivity contribution < 1.29 is 9.90 Å². The Labute approximate surface area is 81.2 Å². The highest BCUT2D eigenvalue weighted by Crippen LogP contribution is 2.45. The van der Waals surface area contributed by atoms with Gasteiger partial charge in [0.2, 0.25) is 0 Å². The minimum Gasteiger partial charge on any atom is -0.481 e. The van der Waals surface area contributed by atoms with Gasteiger partial charge in [-0.15, -0.1) is 11.3 Å². The highest BCUT2D eigenvalue weighted by molar-refractivity contribution is 7.10. The summed E-state index contributed by atoms with van der Waals surface area (Å²) >= 11 is 1.57. The van der Waals surface area contributed by atoms with Crippen LogP contribution in [0.3, 0.4) is 0 Å². The number of carboxylic acid groups (broad SMARTS) is 1. The van der Waals surface area contributed by atoms with Crippen molar-refractivity contribution in [3.05, 3.63) is 21.9 Å². The van der Waals surface area contributed by atoms with Crippen LogP contribution in [-0.2, 0) is 4.79 Å². The summed E-state index contributed by atoms with van der Waals surface area (Å²) in [5, 5.41) is 11.1. The van der Waals surface area contributed by atoms with Crippen molar-refractivity contribution in [2.45, 2.75) is 25.7 Å². The smallest absolute Gasteiger partial charge is 0.312 e. The van der Waals surface area contributed by atoms with Crippen molar-refractivity contribution in [2.75, 3.05) is 0 Å². The van der Waals surface area contributed by atoms with Crippen LogP contribution in [-0.4, -0.2) is 11.1 Å². The Morgan fingerprint density at radius 3 is 2.77 bits per heavy atom. The molecule has 0 radical (unpaired) electrons. The monoisotopic (exact) mass is 196 g/mol.